The Labute approximate surface area is 163 Å². The van der Waals surface area contributed by atoms with Gasteiger partial charge in [-0.15, -0.1) is 0 Å². The lowest BCUT2D eigenvalue weighted by molar-refractivity contribution is -0.117. The van der Waals surface area contributed by atoms with Crippen LogP contribution in [-0.4, -0.2) is 51.8 Å². The summed E-state index contributed by atoms with van der Waals surface area (Å²) in [4.78, 5) is 20.4. The Morgan fingerprint density at radius 1 is 1.04 bits per heavy atom. The summed E-state index contributed by atoms with van der Waals surface area (Å²) in [5.74, 6) is 1.18. The van der Waals surface area contributed by atoms with Gasteiger partial charge in [0.1, 0.15) is 5.65 Å². The van der Waals surface area contributed by atoms with Gasteiger partial charge in [0.15, 0.2) is 0 Å². The maximum Gasteiger partial charge on any atom is 0.209 e. The van der Waals surface area contributed by atoms with Gasteiger partial charge in [-0.3, -0.25) is 9.69 Å². The van der Waals surface area contributed by atoms with Crippen molar-refractivity contribution in [1.82, 2.24) is 19.2 Å². The van der Waals surface area contributed by atoms with Crippen LogP contribution in [0.25, 0.3) is 16.9 Å². The first kappa shape index (κ1) is 16.8. The molecule has 2 aliphatic rings. The highest BCUT2D eigenvalue weighted by molar-refractivity contribution is 6.30. The van der Waals surface area contributed by atoms with E-state index in [2.05, 4.69) is 15.5 Å². The van der Waals surface area contributed by atoms with Crippen LogP contribution in [0.5, 0.6) is 0 Å². The van der Waals surface area contributed by atoms with E-state index in [1.54, 1.807) is 0 Å². The predicted molar refractivity (Wildman–Crippen MR) is 106 cm³/mol. The molecule has 0 radical (unpaired) electrons. The van der Waals surface area contributed by atoms with Gasteiger partial charge in [-0.2, -0.15) is 0 Å². The molecular formula is C21H21ClN4O. The minimum atomic E-state index is 0.591. The highest BCUT2D eigenvalue weighted by atomic mass is 35.5. The summed E-state index contributed by atoms with van der Waals surface area (Å²) in [5, 5.41) is 0.733. The van der Waals surface area contributed by atoms with Crippen LogP contribution in [0.4, 0.5) is 0 Å². The Morgan fingerprint density at radius 2 is 1.78 bits per heavy atom. The Hall–Kier alpha value is -2.37. The topological polar surface area (TPSA) is 40.9 Å². The van der Waals surface area contributed by atoms with Crippen molar-refractivity contribution in [3.63, 3.8) is 0 Å². The van der Waals surface area contributed by atoms with Gasteiger partial charge in [0.25, 0.3) is 0 Å². The van der Waals surface area contributed by atoms with Gasteiger partial charge in [-0.05, 0) is 36.1 Å². The second kappa shape index (κ2) is 6.66. The normalized spacial score (nSPS) is 22.5. The molecule has 4 heterocycles. The summed E-state index contributed by atoms with van der Waals surface area (Å²) in [6, 6.07) is 14.0. The fourth-order valence-corrected chi connectivity index (χ4v) is 4.72. The number of likely N-dealkylation sites (tertiary alicyclic amines) is 2. The van der Waals surface area contributed by atoms with E-state index in [0.29, 0.717) is 11.8 Å². The van der Waals surface area contributed by atoms with Crippen LogP contribution in [0.3, 0.4) is 0 Å². The zero-order valence-corrected chi connectivity index (χ0v) is 15.7. The van der Waals surface area contributed by atoms with Crippen molar-refractivity contribution < 1.29 is 4.79 Å². The number of rotatable bonds is 4. The van der Waals surface area contributed by atoms with E-state index in [0.717, 1.165) is 61.1 Å². The SMILES string of the molecule is O=CN1CC2CN(Cc3c(-c4ccc(Cl)cc4)nc4ccccn34)CC2C1. The molecule has 5 rings (SSSR count). The molecule has 2 saturated heterocycles. The number of carbonyl (C=O) groups excluding carboxylic acids is 1. The van der Waals surface area contributed by atoms with Gasteiger partial charge in [0.2, 0.25) is 6.41 Å². The molecule has 6 heteroatoms. The van der Waals surface area contributed by atoms with Gasteiger partial charge in [0, 0.05) is 49.5 Å². The average molecular weight is 381 g/mol. The molecule has 2 fully saturated rings. The molecule has 2 unspecified atom stereocenters. The zero-order valence-electron chi connectivity index (χ0n) is 15.0. The van der Waals surface area contributed by atoms with Crippen LogP contribution in [0, 0.1) is 11.8 Å². The van der Waals surface area contributed by atoms with E-state index >= 15 is 0 Å². The third-order valence-corrected chi connectivity index (χ3v) is 6.11. The number of imidazole rings is 1. The molecule has 0 bridgehead atoms. The van der Waals surface area contributed by atoms with Gasteiger partial charge in [0.05, 0.1) is 11.4 Å². The number of carbonyl (C=O) groups is 1. The number of hydrogen-bond acceptors (Lipinski definition) is 3. The quantitative estimate of drug-likeness (QED) is 0.653. The van der Waals surface area contributed by atoms with Gasteiger partial charge in [-0.1, -0.05) is 29.8 Å². The second-order valence-corrected chi connectivity index (χ2v) is 8.05. The predicted octanol–water partition coefficient (Wildman–Crippen LogP) is 3.17. The minimum absolute atomic E-state index is 0.591. The molecule has 0 spiro atoms. The maximum atomic E-state index is 11.0. The number of aromatic nitrogens is 2. The fraction of sp³-hybridized carbons (Fsp3) is 0.333. The molecule has 1 amide bonds. The smallest absolute Gasteiger partial charge is 0.209 e. The van der Waals surface area contributed by atoms with E-state index in [9.17, 15) is 4.79 Å². The summed E-state index contributed by atoms with van der Waals surface area (Å²) in [6.07, 6.45) is 3.08. The van der Waals surface area contributed by atoms with E-state index in [-0.39, 0.29) is 0 Å². The lowest BCUT2D eigenvalue weighted by Crippen LogP contribution is -2.28. The zero-order chi connectivity index (χ0) is 18.4. The Bertz CT molecular complexity index is 970. The molecule has 27 heavy (non-hydrogen) atoms. The Morgan fingerprint density at radius 3 is 2.48 bits per heavy atom. The maximum absolute atomic E-state index is 11.0. The molecular weight excluding hydrogens is 360 g/mol. The molecule has 2 aromatic heterocycles. The third-order valence-electron chi connectivity index (χ3n) is 5.86. The summed E-state index contributed by atoms with van der Waals surface area (Å²) in [7, 11) is 0. The van der Waals surface area contributed by atoms with E-state index in [4.69, 9.17) is 16.6 Å². The molecule has 138 valence electrons. The second-order valence-electron chi connectivity index (χ2n) is 7.62. The standard InChI is InChI=1S/C21H21ClN4O/c22-18-6-4-15(5-7-18)21-19(26-8-2-1-3-20(26)23-21)13-24-9-16-11-25(14-27)12-17(16)10-24/h1-8,14,16-17H,9-13H2. The van der Waals surface area contributed by atoms with Crippen LogP contribution < -0.4 is 0 Å². The van der Waals surface area contributed by atoms with Crippen molar-refractivity contribution in [2.45, 2.75) is 6.54 Å². The Balaban J connectivity index is 1.47. The molecule has 1 aromatic carbocycles. The van der Waals surface area contributed by atoms with Crippen molar-refractivity contribution in [1.29, 1.82) is 0 Å². The van der Waals surface area contributed by atoms with Crippen molar-refractivity contribution in [2.24, 2.45) is 11.8 Å². The number of pyridine rings is 1. The van der Waals surface area contributed by atoms with Crippen molar-refractivity contribution in [3.05, 3.63) is 59.4 Å². The van der Waals surface area contributed by atoms with Crippen LogP contribution >= 0.6 is 11.6 Å². The summed E-state index contributed by atoms with van der Waals surface area (Å²) in [6.45, 7) is 4.71. The number of nitrogens with zero attached hydrogens (tertiary/aromatic N) is 4. The lowest BCUT2D eigenvalue weighted by Gasteiger charge is -2.19. The van der Waals surface area contributed by atoms with Crippen molar-refractivity contribution in [3.8, 4) is 11.3 Å². The first-order valence-corrected chi connectivity index (χ1v) is 9.72. The largest absolute Gasteiger partial charge is 0.345 e. The van der Waals surface area contributed by atoms with Crippen LogP contribution in [0.15, 0.2) is 48.7 Å². The summed E-state index contributed by atoms with van der Waals surface area (Å²) in [5.41, 5.74) is 4.28. The molecule has 0 N–H and O–H groups in total. The number of hydrogen-bond donors (Lipinski definition) is 0. The molecule has 2 atom stereocenters. The average Bonchev–Trinajstić information content (AvgIpc) is 3.34. The van der Waals surface area contributed by atoms with Crippen LogP contribution in [0.2, 0.25) is 5.02 Å². The third kappa shape index (κ3) is 3.01. The number of benzene rings is 1. The monoisotopic (exact) mass is 380 g/mol. The molecule has 2 aliphatic heterocycles. The van der Waals surface area contributed by atoms with Crippen LogP contribution in [0.1, 0.15) is 5.69 Å². The lowest BCUT2D eigenvalue weighted by atomic mass is 10.0. The van der Waals surface area contributed by atoms with E-state index in [1.165, 1.54) is 5.69 Å². The van der Waals surface area contributed by atoms with Crippen molar-refractivity contribution in [2.75, 3.05) is 26.2 Å². The molecule has 3 aromatic rings. The number of fused-ring (bicyclic) bond motifs is 2. The van der Waals surface area contributed by atoms with Gasteiger partial charge >= 0.3 is 0 Å². The molecule has 0 aliphatic carbocycles. The summed E-state index contributed by atoms with van der Waals surface area (Å²) < 4.78 is 2.19. The number of amides is 1. The highest BCUT2D eigenvalue weighted by Crippen LogP contribution is 2.33. The summed E-state index contributed by atoms with van der Waals surface area (Å²) >= 11 is 6.07. The van der Waals surface area contributed by atoms with Gasteiger partial charge in [-0.25, -0.2) is 4.98 Å². The highest BCUT2D eigenvalue weighted by Gasteiger charge is 2.39. The molecule has 5 nitrogen and oxygen atoms in total. The Kier molecular flexibility index (Phi) is 4.14. The van der Waals surface area contributed by atoms with Gasteiger partial charge < -0.3 is 9.30 Å². The molecule has 0 saturated carbocycles. The first-order valence-electron chi connectivity index (χ1n) is 9.35. The van der Waals surface area contributed by atoms with Crippen LogP contribution in [-0.2, 0) is 11.3 Å². The fourth-order valence-electron chi connectivity index (χ4n) is 4.59. The van der Waals surface area contributed by atoms with E-state index in [1.807, 2.05) is 47.4 Å². The van der Waals surface area contributed by atoms with E-state index < -0.39 is 0 Å². The minimum Gasteiger partial charge on any atom is -0.345 e. The number of halogens is 1. The van der Waals surface area contributed by atoms with Crippen molar-refractivity contribution >= 4 is 23.7 Å². The first-order chi connectivity index (χ1) is 13.2.